The number of phenolic OH excluding ortho intramolecular Hbond substituents is 1. The highest BCUT2D eigenvalue weighted by atomic mass is 16.3. The van der Waals surface area contributed by atoms with Gasteiger partial charge < -0.3 is 10.2 Å². The maximum atomic E-state index is 14.4. The Bertz CT molecular complexity index is 1650. The molecule has 2 N–H and O–H groups in total. The molecule has 2 unspecified atom stereocenters. The van der Waals surface area contributed by atoms with E-state index in [-0.39, 0.29) is 30.1 Å². The predicted molar refractivity (Wildman–Crippen MR) is 159 cm³/mol. The van der Waals surface area contributed by atoms with Crippen LogP contribution in [0, 0.1) is 40.4 Å². The van der Waals surface area contributed by atoms with Crippen molar-refractivity contribution < 1.29 is 29.4 Å². The molecule has 0 spiro atoms. The summed E-state index contributed by atoms with van der Waals surface area (Å²) in [5.41, 5.74) is -0.387. The number of benzene rings is 2. The highest BCUT2D eigenvalue weighted by Gasteiger charge is 2.73. The Morgan fingerprint density at radius 3 is 2.24 bits per heavy atom. The first-order chi connectivity index (χ1) is 19.6. The molecule has 1 fully saturated rings. The predicted octanol–water partition coefficient (Wildman–Crippen LogP) is 5.19. The molecule has 5 rings (SSSR count). The number of carbonyl (C=O) groups is 4. The average Bonchev–Trinajstić information content (AvgIpc) is 2.90. The normalized spacial score (nSPS) is 30.4. The molecule has 2 aromatic carbocycles. The van der Waals surface area contributed by atoms with Crippen LogP contribution in [0.15, 0.2) is 47.5 Å². The smallest absolute Gasteiger partial charge is 0.192 e. The number of carbonyl (C=O) groups excluding carboxylic acids is 4. The zero-order valence-corrected chi connectivity index (χ0v) is 25.3. The fourth-order valence-corrected chi connectivity index (χ4v) is 8.42. The van der Waals surface area contributed by atoms with Crippen LogP contribution in [0.1, 0.15) is 87.5 Å². The van der Waals surface area contributed by atoms with Gasteiger partial charge in [0.15, 0.2) is 23.0 Å². The van der Waals surface area contributed by atoms with Crippen molar-refractivity contribution in [3.63, 3.8) is 0 Å². The second-order valence-electron chi connectivity index (χ2n) is 13.2. The summed E-state index contributed by atoms with van der Waals surface area (Å²) < 4.78 is 0. The first kappa shape index (κ1) is 29.7. The van der Waals surface area contributed by atoms with E-state index in [1.165, 1.54) is 18.6 Å². The molecule has 0 radical (unpaired) electrons. The van der Waals surface area contributed by atoms with Gasteiger partial charge in [-0.05, 0) is 79.8 Å². The third-order valence-electron chi connectivity index (χ3n) is 10.0. The molecule has 0 bridgehead atoms. The fraction of sp³-hybridized carbons (Fsp3) is 0.444. The number of hydrogen-bond acceptors (Lipinski definition) is 6. The van der Waals surface area contributed by atoms with E-state index in [9.17, 15) is 29.4 Å². The first-order valence-electron chi connectivity index (χ1n) is 14.6. The Hall–Kier alpha value is -3.82. The standard InChI is InChI=1S/C36H38O6/c1-8-22-9-11-23(12-10-22)13-14-24-15-16-26(38)28-25(24)17-34(6)18-35(7)29(19(2)3)20(4)27(21(5)37)32(40)36(35,42)33(41)30(34)31(28)39/h9-12,15-16,19,27,30,38,42H,8,17-18H2,1-7H3/t27?,30?,34-,35-,36+/m0/s1. The summed E-state index contributed by atoms with van der Waals surface area (Å²) in [6.45, 7) is 12.5. The van der Waals surface area contributed by atoms with E-state index in [0.717, 1.165) is 12.0 Å². The van der Waals surface area contributed by atoms with Crippen LogP contribution >= 0.6 is 0 Å². The fourth-order valence-electron chi connectivity index (χ4n) is 8.42. The lowest BCUT2D eigenvalue weighted by Gasteiger charge is -2.60. The molecule has 1 saturated carbocycles. The number of aliphatic hydroxyl groups is 1. The van der Waals surface area contributed by atoms with Gasteiger partial charge in [0.1, 0.15) is 17.5 Å². The highest BCUT2D eigenvalue weighted by Crippen LogP contribution is 2.64. The topological polar surface area (TPSA) is 109 Å². The van der Waals surface area contributed by atoms with Crippen molar-refractivity contribution in [2.75, 3.05) is 0 Å². The van der Waals surface area contributed by atoms with Crippen LogP contribution in [0.25, 0.3) is 0 Å². The molecule has 0 amide bonds. The van der Waals surface area contributed by atoms with Crippen molar-refractivity contribution in [3.05, 3.63) is 75.4 Å². The van der Waals surface area contributed by atoms with Gasteiger partial charge in [-0.2, -0.15) is 0 Å². The van der Waals surface area contributed by atoms with Crippen molar-refractivity contribution in [2.24, 2.45) is 28.6 Å². The molecule has 2 aromatic rings. The van der Waals surface area contributed by atoms with Gasteiger partial charge in [0, 0.05) is 16.5 Å². The van der Waals surface area contributed by atoms with Gasteiger partial charge in [0.2, 0.25) is 0 Å². The molecule has 3 aliphatic carbocycles. The Morgan fingerprint density at radius 2 is 1.67 bits per heavy atom. The van der Waals surface area contributed by atoms with E-state index in [2.05, 4.69) is 18.8 Å². The summed E-state index contributed by atoms with van der Waals surface area (Å²) in [6.07, 6.45) is 1.33. The zero-order chi connectivity index (χ0) is 30.9. The van der Waals surface area contributed by atoms with Gasteiger partial charge >= 0.3 is 0 Å². The van der Waals surface area contributed by atoms with Crippen molar-refractivity contribution in [3.8, 4) is 17.6 Å². The first-order valence-corrected chi connectivity index (χ1v) is 14.6. The van der Waals surface area contributed by atoms with Crippen LogP contribution in [0.4, 0.5) is 0 Å². The summed E-state index contributed by atoms with van der Waals surface area (Å²) in [5, 5.41) is 23.1. The van der Waals surface area contributed by atoms with Crippen LogP contribution in [0.5, 0.6) is 5.75 Å². The molecule has 5 atom stereocenters. The van der Waals surface area contributed by atoms with Crippen LogP contribution < -0.4 is 0 Å². The summed E-state index contributed by atoms with van der Waals surface area (Å²) in [7, 11) is 0. The van der Waals surface area contributed by atoms with Crippen molar-refractivity contribution >= 4 is 23.1 Å². The van der Waals surface area contributed by atoms with Gasteiger partial charge in [-0.25, -0.2) is 0 Å². The van der Waals surface area contributed by atoms with Gasteiger partial charge in [0.05, 0.1) is 11.5 Å². The lowest BCUT2D eigenvalue weighted by atomic mass is 9.41. The Balaban J connectivity index is 1.69. The lowest BCUT2D eigenvalue weighted by molar-refractivity contribution is -0.183. The van der Waals surface area contributed by atoms with Crippen LogP contribution in [0.2, 0.25) is 0 Å². The van der Waals surface area contributed by atoms with E-state index >= 15 is 0 Å². The van der Waals surface area contributed by atoms with Gasteiger partial charge in [-0.1, -0.05) is 69.7 Å². The third-order valence-corrected chi connectivity index (χ3v) is 10.0. The number of fused-ring (bicyclic) bond motifs is 3. The van der Waals surface area contributed by atoms with Crippen molar-refractivity contribution in [1.82, 2.24) is 0 Å². The van der Waals surface area contributed by atoms with E-state index in [1.807, 2.05) is 45.0 Å². The summed E-state index contributed by atoms with van der Waals surface area (Å²) in [6, 6.07) is 11.0. The Morgan fingerprint density at radius 1 is 1.02 bits per heavy atom. The molecule has 218 valence electrons. The quantitative estimate of drug-likeness (QED) is 0.301. The number of ketones is 4. The molecule has 0 aromatic heterocycles. The van der Waals surface area contributed by atoms with Crippen LogP contribution in [-0.2, 0) is 27.2 Å². The van der Waals surface area contributed by atoms with Crippen LogP contribution in [0.3, 0.4) is 0 Å². The summed E-state index contributed by atoms with van der Waals surface area (Å²) in [5.74, 6) is 0.488. The molecule has 0 aliphatic heterocycles. The average molecular weight is 567 g/mol. The molecule has 6 heteroatoms. The largest absolute Gasteiger partial charge is 0.507 e. The second-order valence-corrected chi connectivity index (χ2v) is 13.2. The Kier molecular flexibility index (Phi) is 6.98. The van der Waals surface area contributed by atoms with Crippen LogP contribution in [-0.4, -0.2) is 38.9 Å². The van der Waals surface area contributed by atoms with Gasteiger partial charge in [-0.15, -0.1) is 0 Å². The molecule has 0 heterocycles. The SMILES string of the molecule is CCc1ccc(C#Cc2ccc(O)c3c2C[C@@]2(C)C[C@@]4(C)C(C(C)C)=C(C)C(C(C)=O)C(=O)[C@@]4(O)C(=O)C2C3=O)cc1. The number of Topliss-reactive ketones (excluding diaryl/α,β-unsaturated/α-hetero) is 4. The summed E-state index contributed by atoms with van der Waals surface area (Å²) >= 11 is 0. The molecule has 6 nitrogen and oxygen atoms in total. The minimum absolute atomic E-state index is 0.00772. The molecule has 42 heavy (non-hydrogen) atoms. The monoisotopic (exact) mass is 566 g/mol. The lowest BCUT2D eigenvalue weighted by Crippen LogP contribution is -2.73. The number of aromatic hydroxyl groups is 1. The minimum Gasteiger partial charge on any atom is -0.507 e. The molecule has 0 saturated heterocycles. The number of rotatable bonds is 3. The van der Waals surface area contributed by atoms with Gasteiger partial charge in [0.25, 0.3) is 0 Å². The number of hydrogen-bond donors (Lipinski definition) is 2. The van der Waals surface area contributed by atoms with E-state index in [4.69, 9.17) is 0 Å². The maximum Gasteiger partial charge on any atom is 0.192 e. The van der Waals surface area contributed by atoms with Gasteiger partial charge in [-0.3, -0.25) is 19.2 Å². The minimum atomic E-state index is -2.54. The zero-order valence-electron chi connectivity index (χ0n) is 25.3. The van der Waals surface area contributed by atoms with E-state index in [0.29, 0.717) is 22.3 Å². The molecular weight excluding hydrogens is 528 g/mol. The highest BCUT2D eigenvalue weighted by molar-refractivity contribution is 6.27. The molecular formula is C36H38O6. The number of phenols is 1. The number of allylic oxidation sites excluding steroid dienone is 1. The van der Waals surface area contributed by atoms with E-state index < -0.39 is 51.4 Å². The maximum absolute atomic E-state index is 14.4. The molecule has 3 aliphatic rings. The second kappa shape index (κ2) is 9.88. The van der Waals surface area contributed by atoms with E-state index in [1.54, 1.807) is 19.9 Å². The summed E-state index contributed by atoms with van der Waals surface area (Å²) in [4.78, 5) is 55.2. The Labute approximate surface area is 247 Å². The third kappa shape index (κ3) is 3.97. The van der Waals surface area contributed by atoms with Crippen molar-refractivity contribution in [2.45, 2.75) is 73.3 Å². The number of aryl methyl sites for hydroxylation is 1. The van der Waals surface area contributed by atoms with Crippen molar-refractivity contribution in [1.29, 1.82) is 0 Å².